The third-order valence-corrected chi connectivity index (χ3v) is 6.62. The second-order valence-corrected chi connectivity index (χ2v) is 7.84. The fraction of sp³-hybridized carbons (Fsp3) is 0.579. The Morgan fingerprint density at radius 3 is 3.04 bits per heavy atom. The van der Waals surface area contributed by atoms with Gasteiger partial charge in [0.2, 0.25) is 0 Å². The number of likely N-dealkylation sites (tertiary alicyclic amines) is 1. The van der Waals surface area contributed by atoms with Gasteiger partial charge in [-0.15, -0.1) is 0 Å². The van der Waals surface area contributed by atoms with E-state index in [9.17, 15) is 14.7 Å². The van der Waals surface area contributed by atoms with E-state index in [1.54, 1.807) is 6.08 Å². The molecule has 1 unspecified atom stereocenters. The lowest BCUT2D eigenvalue weighted by atomic mass is 9.51. The Bertz CT molecular complexity index is 796. The highest BCUT2D eigenvalue weighted by Crippen LogP contribution is 2.65. The number of rotatable bonds is 1. The summed E-state index contributed by atoms with van der Waals surface area (Å²) in [7, 11) is 2.13. The minimum atomic E-state index is -1.81. The number of ketones is 1. The van der Waals surface area contributed by atoms with Gasteiger partial charge in [-0.1, -0.05) is 12.2 Å². The maximum absolute atomic E-state index is 12.6. The second-order valence-electron chi connectivity index (χ2n) is 7.84. The number of hydrogen-bond acceptors (Lipinski definition) is 6. The summed E-state index contributed by atoms with van der Waals surface area (Å²) in [5, 5.41) is 11.0. The third kappa shape index (κ3) is 1.71. The number of ether oxygens (including phenoxy) is 2. The molecule has 132 valence electrons. The highest BCUT2D eigenvalue weighted by atomic mass is 16.7. The molecule has 25 heavy (non-hydrogen) atoms. The van der Waals surface area contributed by atoms with E-state index in [2.05, 4.69) is 11.9 Å². The van der Waals surface area contributed by atoms with Gasteiger partial charge in [0.05, 0.1) is 5.41 Å². The SMILES string of the molecule is CC(=O)OC1(O)CC=C2C[C@@H]3[C@@H]4C=CC(=O)[C@@H]5OC1=C2[C@@]54CCN3C. The second kappa shape index (κ2) is 4.62. The first kappa shape index (κ1) is 15.3. The quantitative estimate of drug-likeness (QED) is 0.567. The van der Waals surface area contributed by atoms with Crippen LogP contribution in [-0.4, -0.2) is 53.3 Å². The maximum Gasteiger partial charge on any atom is 0.305 e. The smallest absolute Gasteiger partial charge is 0.305 e. The molecule has 5 rings (SSSR count). The van der Waals surface area contributed by atoms with Gasteiger partial charge in [0, 0.05) is 30.9 Å². The van der Waals surface area contributed by atoms with Gasteiger partial charge < -0.3 is 19.5 Å². The molecule has 5 atom stereocenters. The Labute approximate surface area is 145 Å². The van der Waals surface area contributed by atoms with E-state index >= 15 is 0 Å². The molecule has 1 N–H and O–H groups in total. The third-order valence-electron chi connectivity index (χ3n) is 6.62. The van der Waals surface area contributed by atoms with Crippen molar-refractivity contribution in [3.8, 4) is 0 Å². The number of hydrogen-bond donors (Lipinski definition) is 1. The topological polar surface area (TPSA) is 76.1 Å². The molecule has 0 aromatic carbocycles. The van der Waals surface area contributed by atoms with E-state index in [0.29, 0.717) is 6.04 Å². The minimum absolute atomic E-state index is 0.0691. The van der Waals surface area contributed by atoms with Crippen LogP contribution in [0.5, 0.6) is 0 Å². The minimum Gasteiger partial charge on any atom is -0.478 e. The van der Waals surface area contributed by atoms with Gasteiger partial charge in [0.25, 0.3) is 5.79 Å². The Morgan fingerprint density at radius 2 is 2.28 bits per heavy atom. The maximum atomic E-state index is 12.6. The zero-order valence-electron chi connectivity index (χ0n) is 14.3. The van der Waals surface area contributed by atoms with Crippen LogP contribution in [0.4, 0.5) is 0 Å². The molecular weight excluding hydrogens is 322 g/mol. The summed E-state index contributed by atoms with van der Waals surface area (Å²) in [6.45, 7) is 2.14. The lowest BCUT2D eigenvalue weighted by Gasteiger charge is -2.56. The molecule has 2 bridgehead atoms. The molecule has 2 fully saturated rings. The van der Waals surface area contributed by atoms with Crippen LogP contribution < -0.4 is 0 Å². The monoisotopic (exact) mass is 343 g/mol. The Balaban J connectivity index is 1.73. The number of carbonyl (C=O) groups excluding carboxylic acids is 2. The van der Waals surface area contributed by atoms with Crippen LogP contribution in [0.2, 0.25) is 0 Å². The van der Waals surface area contributed by atoms with E-state index in [1.807, 2.05) is 12.2 Å². The van der Waals surface area contributed by atoms with Gasteiger partial charge in [0.15, 0.2) is 17.6 Å². The number of piperidine rings is 1. The molecule has 6 nitrogen and oxygen atoms in total. The molecular formula is C19H21NO5. The molecule has 0 aromatic rings. The van der Waals surface area contributed by atoms with Gasteiger partial charge in [-0.05, 0) is 38.1 Å². The number of carbonyl (C=O) groups is 2. The Hall–Kier alpha value is -1.92. The van der Waals surface area contributed by atoms with Crippen LogP contribution in [0.25, 0.3) is 0 Å². The summed E-state index contributed by atoms with van der Waals surface area (Å²) in [4.78, 5) is 26.5. The van der Waals surface area contributed by atoms with E-state index in [-0.39, 0.29) is 23.9 Å². The van der Waals surface area contributed by atoms with Crippen LogP contribution in [0, 0.1) is 11.3 Å². The predicted molar refractivity (Wildman–Crippen MR) is 87.0 cm³/mol. The molecule has 0 aromatic heterocycles. The van der Waals surface area contributed by atoms with Crippen molar-refractivity contribution in [2.24, 2.45) is 11.3 Å². The molecule has 2 aliphatic heterocycles. The van der Waals surface area contributed by atoms with E-state index in [4.69, 9.17) is 9.47 Å². The first-order chi connectivity index (χ1) is 11.9. The van der Waals surface area contributed by atoms with Gasteiger partial charge in [0.1, 0.15) is 0 Å². The van der Waals surface area contributed by atoms with Crippen LogP contribution in [0.1, 0.15) is 26.2 Å². The number of nitrogens with zero attached hydrogens (tertiary/aromatic N) is 1. The lowest BCUT2D eigenvalue weighted by molar-refractivity contribution is -0.205. The van der Waals surface area contributed by atoms with Crippen LogP contribution in [-0.2, 0) is 19.1 Å². The fourth-order valence-corrected chi connectivity index (χ4v) is 5.64. The summed E-state index contributed by atoms with van der Waals surface area (Å²) < 4.78 is 11.3. The van der Waals surface area contributed by atoms with Crippen molar-refractivity contribution < 1.29 is 24.2 Å². The number of aliphatic hydroxyl groups is 1. The normalized spacial score (nSPS) is 44.2. The average Bonchev–Trinajstić information content (AvgIpc) is 2.90. The number of esters is 1. The van der Waals surface area contributed by atoms with Gasteiger partial charge in [-0.2, -0.15) is 0 Å². The standard InChI is InChI=1S/C19H21NO5/c1-10(21)25-19(23)6-5-11-9-13-12-3-4-14(22)16-18(12,7-8-20(13)2)15(11)17(19)24-16/h3-5,12-13,16,23H,6-9H2,1-2H3/t12-,13+,16-,18-,19?/m0/s1. The molecule has 1 saturated heterocycles. The van der Waals surface area contributed by atoms with Crippen molar-refractivity contribution in [1.29, 1.82) is 0 Å². The van der Waals surface area contributed by atoms with Crippen molar-refractivity contribution in [3.05, 3.63) is 35.1 Å². The Morgan fingerprint density at radius 1 is 1.48 bits per heavy atom. The van der Waals surface area contributed by atoms with E-state index in [1.165, 1.54) is 6.92 Å². The van der Waals surface area contributed by atoms with Crippen molar-refractivity contribution in [2.75, 3.05) is 13.6 Å². The molecule has 6 heteroatoms. The predicted octanol–water partition coefficient (Wildman–Crippen LogP) is 1.07. The van der Waals surface area contributed by atoms with Gasteiger partial charge in [-0.3, -0.25) is 9.59 Å². The largest absolute Gasteiger partial charge is 0.478 e. The molecule has 1 spiro atoms. The van der Waals surface area contributed by atoms with Crippen LogP contribution >= 0.6 is 0 Å². The van der Waals surface area contributed by atoms with Crippen molar-refractivity contribution >= 4 is 11.8 Å². The zero-order chi connectivity index (χ0) is 17.6. The van der Waals surface area contributed by atoms with E-state index < -0.39 is 23.3 Å². The Kier molecular flexibility index (Phi) is 2.84. The molecule has 2 heterocycles. The highest BCUT2D eigenvalue weighted by Gasteiger charge is 2.68. The highest BCUT2D eigenvalue weighted by molar-refractivity contribution is 5.97. The van der Waals surface area contributed by atoms with Gasteiger partial charge >= 0.3 is 5.97 Å². The summed E-state index contributed by atoms with van der Waals surface area (Å²) in [5.41, 5.74) is 1.60. The van der Waals surface area contributed by atoms with E-state index in [0.717, 1.165) is 30.5 Å². The van der Waals surface area contributed by atoms with Crippen LogP contribution in [0.15, 0.2) is 35.1 Å². The zero-order valence-corrected chi connectivity index (χ0v) is 14.3. The molecule has 5 aliphatic rings. The summed E-state index contributed by atoms with van der Waals surface area (Å²) in [5.74, 6) is -1.99. The van der Waals surface area contributed by atoms with Crippen molar-refractivity contribution in [2.45, 2.75) is 44.1 Å². The summed E-state index contributed by atoms with van der Waals surface area (Å²) in [6, 6.07) is 0.318. The van der Waals surface area contributed by atoms with Crippen molar-refractivity contribution in [1.82, 2.24) is 4.90 Å². The van der Waals surface area contributed by atoms with Gasteiger partial charge in [-0.25, -0.2) is 0 Å². The molecule has 1 saturated carbocycles. The van der Waals surface area contributed by atoms with Crippen molar-refractivity contribution in [3.63, 3.8) is 0 Å². The molecule has 0 radical (unpaired) electrons. The fourth-order valence-electron chi connectivity index (χ4n) is 5.64. The lowest BCUT2D eigenvalue weighted by Crippen LogP contribution is -2.61. The average molecular weight is 343 g/mol. The van der Waals surface area contributed by atoms with Crippen LogP contribution in [0.3, 0.4) is 0 Å². The summed E-state index contributed by atoms with van der Waals surface area (Å²) in [6.07, 6.45) is 6.77. The first-order valence-electron chi connectivity index (χ1n) is 8.82. The molecule has 3 aliphatic carbocycles. The first-order valence-corrected chi connectivity index (χ1v) is 8.82. The molecule has 0 amide bonds. The summed E-state index contributed by atoms with van der Waals surface area (Å²) >= 11 is 0.